The van der Waals surface area contributed by atoms with Crippen molar-refractivity contribution >= 4 is 17.7 Å². The van der Waals surface area contributed by atoms with Gasteiger partial charge in [0.25, 0.3) is 0 Å². The van der Waals surface area contributed by atoms with Gasteiger partial charge in [0.2, 0.25) is 5.91 Å². The average Bonchev–Trinajstić information content (AvgIpc) is 3.21. The zero-order chi connectivity index (χ0) is 22.7. The van der Waals surface area contributed by atoms with Gasteiger partial charge in [0, 0.05) is 0 Å². The second-order valence-electron chi connectivity index (χ2n) is 9.34. The summed E-state index contributed by atoms with van der Waals surface area (Å²) < 4.78 is 5.89. The fourth-order valence-electron chi connectivity index (χ4n) is 4.33. The highest BCUT2D eigenvalue weighted by Gasteiger charge is 2.24. The molecule has 0 radical (unpaired) electrons. The summed E-state index contributed by atoms with van der Waals surface area (Å²) in [6, 6.07) is 8.27. The molecule has 0 saturated carbocycles. The number of hydrogen-bond donors (Lipinski definition) is 1. The molecule has 1 amide bonds. The van der Waals surface area contributed by atoms with Gasteiger partial charge in [-0.3, -0.25) is 4.79 Å². The minimum absolute atomic E-state index is 0.0619. The Kier molecular flexibility index (Phi) is 15.5. The van der Waals surface area contributed by atoms with Crippen molar-refractivity contribution in [1.29, 1.82) is 0 Å². The molecule has 1 aromatic carbocycles. The van der Waals surface area contributed by atoms with Crippen LogP contribution in [-0.4, -0.2) is 23.6 Å². The van der Waals surface area contributed by atoms with Crippen LogP contribution in [0, 0.1) is 0 Å². The summed E-state index contributed by atoms with van der Waals surface area (Å²) in [5, 5.41) is 2.94. The number of carbonyl (C=O) groups is 1. The number of ether oxygens (including phenoxy) is 1. The molecular weight excluding hydrogens is 414 g/mol. The minimum Gasteiger partial charge on any atom is -0.494 e. The molecule has 32 heavy (non-hydrogen) atoms. The Morgan fingerprint density at radius 2 is 1.28 bits per heavy atom. The van der Waals surface area contributed by atoms with E-state index in [-0.39, 0.29) is 11.2 Å². The van der Waals surface area contributed by atoms with Gasteiger partial charge in [-0.05, 0) is 30.5 Å². The predicted octanol–water partition coefficient (Wildman–Crippen LogP) is 8.06. The first kappa shape index (κ1) is 27.1. The maximum absolute atomic E-state index is 11.7. The third-order valence-corrected chi connectivity index (χ3v) is 7.53. The molecule has 3 nitrogen and oxygen atoms in total. The number of thioether (sulfide) groups is 1. The second-order valence-corrected chi connectivity index (χ2v) is 10.5. The number of unbranched alkanes of at least 4 members (excludes halogenated alkanes) is 15. The minimum atomic E-state index is 0.0619. The highest BCUT2D eigenvalue weighted by molar-refractivity contribution is 8.01. The first-order valence-electron chi connectivity index (χ1n) is 13.4. The molecule has 0 spiro atoms. The van der Waals surface area contributed by atoms with Crippen molar-refractivity contribution in [2.75, 3.05) is 12.5 Å². The quantitative estimate of drug-likeness (QED) is 0.200. The number of hydrogen-bond acceptors (Lipinski definition) is 3. The molecular formula is C28H47NO2S. The van der Waals surface area contributed by atoms with E-state index in [1.807, 2.05) is 12.1 Å². The molecule has 1 atom stereocenters. The van der Waals surface area contributed by atoms with Crippen molar-refractivity contribution in [3.63, 3.8) is 0 Å². The van der Waals surface area contributed by atoms with E-state index in [9.17, 15) is 4.79 Å². The molecule has 0 aromatic heterocycles. The van der Waals surface area contributed by atoms with Crippen molar-refractivity contribution in [3.8, 4) is 5.75 Å². The zero-order valence-corrected chi connectivity index (χ0v) is 21.4. The standard InChI is InChI=1S/C28H47NO2S/c1-2-3-4-5-6-7-8-9-10-11-12-13-14-15-16-17-22-31-26-20-18-25(19-21-26)23-27-28(30)29-24-32-27/h18-21,27H,2-17,22-24H2,1H3,(H,29,30). The molecule has 1 fully saturated rings. The van der Waals surface area contributed by atoms with Gasteiger partial charge in [-0.2, -0.15) is 0 Å². The van der Waals surface area contributed by atoms with Crippen LogP contribution in [0.5, 0.6) is 5.75 Å². The molecule has 1 aliphatic heterocycles. The summed E-state index contributed by atoms with van der Waals surface area (Å²) in [6.07, 6.45) is 23.1. The SMILES string of the molecule is CCCCCCCCCCCCCCCCCCOc1ccc(CC2SCNC2=O)cc1. The lowest BCUT2D eigenvalue weighted by atomic mass is 10.0. The number of amides is 1. The number of rotatable bonds is 20. The molecule has 1 saturated heterocycles. The van der Waals surface area contributed by atoms with E-state index >= 15 is 0 Å². The zero-order valence-electron chi connectivity index (χ0n) is 20.5. The fraction of sp³-hybridized carbons (Fsp3) is 0.750. The largest absolute Gasteiger partial charge is 0.494 e. The van der Waals surface area contributed by atoms with E-state index < -0.39 is 0 Å². The van der Waals surface area contributed by atoms with E-state index in [4.69, 9.17) is 4.74 Å². The van der Waals surface area contributed by atoms with E-state index in [1.54, 1.807) is 11.8 Å². The van der Waals surface area contributed by atoms with Crippen molar-refractivity contribution in [2.24, 2.45) is 0 Å². The van der Waals surface area contributed by atoms with E-state index in [0.29, 0.717) is 0 Å². The lowest BCUT2D eigenvalue weighted by Gasteiger charge is -2.09. The Bertz CT molecular complexity index is 590. The topological polar surface area (TPSA) is 38.3 Å². The van der Waals surface area contributed by atoms with E-state index in [2.05, 4.69) is 24.4 Å². The van der Waals surface area contributed by atoms with Crippen LogP contribution >= 0.6 is 11.8 Å². The first-order valence-corrected chi connectivity index (χ1v) is 14.5. The van der Waals surface area contributed by atoms with Gasteiger partial charge in [-0.1, -0.05) is 115 Å². The van der Waals surface area contributed by atoms with Crippen molar-refractivity contribution < 1.29 is 9.53 Å². The Labute approximate surface area is 201 Å². The summed E-state index contributed by atoms with van der Waals surface area (Å²) in [5.74, 6) is 1.85. The molecule has 4 heteroatoms. The summed E-state index contributed by atoms with van der Waals surface area (Å²) in [5.41, 5.74) is 1.20. The number of benzene rings is 1. The smallest absolute Gasteiger partial charge is 0.234 e. The maximum atomic E-state index is 11.7. The molecule has 1 unspecified atom stereocenters. The van der Waals surface area contributed by atoms with Crippen LogP contribution < -0.4 is 10.1 Å². The van der Waals surface area contributed by atoms with Crippen LogP contribution in [0.25, 0.3) is 0 Å². The highest BCUT2D eigenvalue weighted by atomic mass is 32.2. The third kappa shape index (κ3) is 12.8. The monoisotopic (exact) mass is 461 g/mol. The molecule has 1 aliphatic rings. The van der Waals surface area contributed by atoms with E-state index in [0.717, 1.165) is 31.1 Å². The molecule has 2 rings (SSSR count). The molecule has 1 N–H and O–H groups in total. The normalized spacial score (nSPS) is 15.8. The second kappa shape index (κ2) is 18.3. The molecule has 182 valence electrons. The fourth-order valence-corrected chi connectivity index (χ4v) is 5.30. The average molecular weight is 462 g/mol. The highest BCUT2D eigenvalue weighted by Crippen LogP contribution is 2.22. The van der Waals surface area contributed by atoms with Gasteiger partial charge in [0.05, 0.1) is 17.7 Å². The Hall–Kier alpha value is -1.16. The summed E-state index contributed by atoms with van der Waals surface area (Å²) in [7, 11) is 0. The van der Waals surface area contributed by atoms with Crippen LogP contribution in [-0.2, 0) is 11.2 Å². The van der Waals surface area contributed by atoms with Crippen molar-refractivity contribution in [3.05, 3.63) is 29.8 Å². The van der Waals surface area contributed by atoms with Gasteiger partial charge in [-0.25, -0.2) is 0 Å². The van der Waals surface area contributed by atoms with Gasteiger partial charge >= 0.3 is 0 Å². The van der Waals surface area contributed by atoms with Gasteiger partial charge in [0.15, 0.2) is 0 Å². The van der Waals surface area contributed by atoms with Crippen LogP contribution in [0.3, 0.4) is 0 Å². The molecule has 1 heterocycles. The van der Waals surface area contributed by atoms with Crippen molar-refractivity contribution in [1.82, 2.24) is 5.32 Å². The van der Waals surface area contributed by atoms with Gasteiger partial charge in [-0.15, -0.1) is 11.8 Å². The van der Waals surface area contributed by atoms with E-state index in [1.165, 1.54) is 102 Å². The van der Waals surface area contributed by atoms with Crippen LogP contribution in [0.1, 0.15) is 115 Å². The molecule has 0 aliphatic carbocycles. The van der Waals surface area contributed by atoms with Crippen molar-refractivity contribution in [2.45, 2.75) is 121 Å². The summed E-state index contributed by atoms with van der Waals surface area (Å²) >= 11 is 1.69. The number of carbonyl (C=O) groups excluding carboxylic acids is 1. The van der Waals surface area contributed by atoms with Crippen LogP contribution in [0.2, 0.25) is 0 Å². The van der Waals surface area contributed by atoms with Crippen LogP contribution in [0.15, 0.2) is 24.3 Å². The molecule has 1 aromatic rings. The Morgan fingerprint density at radius 3 is 1.75 bits per heavy atom. The van der Waals surface area contributed by atoms with Gasteiger partial charge < -0.3 is 10.1 Å². The summed E-state index contributed by atoms with van der Waals surface area (Å²) in [4.78, 5) is 11.7. The lowest BCUT2D eigenvalue weighted by Crippen LogP contribution is -2.23. The van der Waals surface area contributed by atoms with Crippen LogP contribution in [0.4, 0.5) is 0 Å². The lowest BCUT2D eigenvalue weighted by molar-refractivity contribution is -0.119. The summed E-state index contributed by atoms with van der Waals surface area (Å²) in [6.45, 7) is 3.09. The molecule has 0 bridgehead atoms. The van der Waals surface area contributed by atoms with Gasteiger partial charge in [0.1, 0.15) is 5.75 Å². The maximum Gasteiger partial charge on any atom is 0.234 e. The third-order valence-electron chi connectivity index (χ3n) is 6.43. The Morgan fingerprint density at radius 1 is 0.781 bits per heavy atom. The first-order chi connectivity index (χ1) is 15.8. The Balaban J connectivity index is 1.33. The number of nitrogens with one attached hydrogen (secondary N) is 1. The predicted molar refractivity (Wildman–Crippen MR) is 140 cm³/mol.